The molecule has 0 bridgehead atoms. The van der Waals surface area contributed by atoms with Gasteiger partial charge in [-0.3, -0.25) is 4.79 Å². The van der Waals surface area contributed by atoms with Gasteiger partial charge in [-0.1, -0.05) is 19.3 Å². The number of rotatable bonds is 4. The molecule has 0 spiro atoms. The largest absolute Gasteiger partial charge is 0.369 e. The van der Waals surface area contributed by atoms with E-state index in [1.54, 1.807) is 0 Å². The van der Waals surface area contributed by atoms with Crippen LogP contribution in [0, 0.1) is 12.8 Å². The van der Waals surface area contributed by atoms with Crippen molar-refractivity contribution in [2.45, 2.75) is 45.4 Å². The Labute approximate surface area is 175 Å². The lowest BCUT2D eigenvalue weighted by molar-refractivity contribution is 0.0746. The molecule has 2 aliphatic rings. The predicted molar refractivity (Wildman–Crippen MR) is 116 cm³/mol. The Balaban J connectivity index is 1.55. The number of sulfone groups is 1. The van der Waals surface area contributed by atoms with Crippen molar-refractivity contribution in [3.63, 3.8) is 0 Å². The third kappa shape index (κ3) is 4.55. The molecule has 0 saturated carbocycles. The van der Waals surface area contributed by atoms with E-state index < -0.39 is 9.84 Å². The van der Waals surface area contributed by atoms with Gasteiger partial charge in [-0.05, 0) is 37.7 Å². The minimum absolute atomic E-state index is 0.0974. The smallest absolute Gasteiger partial charge is 0.264 e. The van der Waals surface area contributed by atoms with Crippen LogP contribution in [0.4, 0.5) is 5.82 Å². The quantitative estimate of drug-likeness (QED) is 0.791. The summed E-state index contributed by atoms with van der Waals surface area (Å²) in [5.74, 6) is 1.39. The Kier molecular flexibility index (Phi) is 6.06. The number of carbonyl (C=O) groups is 1. The molecular formula is C20H28N4O3S2. The average molecular weight is 437 g/mol. The second-order valence-corrected chi connectivity index (χ2v) is 11.4. The van der Waals surface area contributed by atoms with Crippen LogP contribution in [0.5, 0.6) is 0 Å². The van der Waals surface area contributed by atoms with Gasteiger partial charge in [0.05, 0.1) is 21.8 Å². The van der Waals surface area contributed by atoms with Crippen LogP contribution in [0.25, 0.3) is 10.2 Å². The highest BCUT2D eigenvalue weighted by Crippen LogP contribution is 2.34. The monoisotopic (exact) mass is 436 g/mol. The van der Waals surface area contributed by atoms with Crippen molar-refractivity contribution in [2.75, 3.05) is 36.5 Å². The highest BCUT2D eigenvalue weighted by molar-refractivity contribution is 7.91. The minimum atomic E-state index is -2.90. The standard InChI is InChI=1S/C20H28N4O3S2/c1-14-16-18(21-11-15-7-10-29(26,27)12-15)22-13-23-19(16)28-17(14)20(25)24-8-5-3-2-4-6-9-24/h13,15H,2-12H2,1H3,(H,21,22,23)/t15-/m0/s1. The molecule has 0 radical (unpaired) electrons. The summed E-state index contributed by atoms with van der Waals surface area (Å²) in [4.78, 5) is 25.5. The maximum Gasteiger partial charge on any atom is 0.264 e. The maximum absolute atomic E-state index is 13.2. The second-order valence-electron chi connectivity index (χ2n) is 8.17. The number of hydrogen-bond donors (Lipinski definition) is 1. The number of carbonyl (C=O) groups excluding carboxylic acids is 1. The van der Waals surface area contributed by atoms with Gasteiger partial charge >= 0.3 is 0 Å². The minimum Gasteiger partial charge on any atom is -0.369 e. The zero-order valence-corrected chi connectivity index (χ0v) is 18.4. The van der Waals surface area contributed by atoms with Gasteiger partial charge in [0, 0.05) is 19.6 Å². The fraction of sp³-hybridized carbons (Fsp3) is 0.650. The van der Waals surface area contributed by atoms with Gasteiger partial charge < -0.3 is 10.2 Å². The van der Waals surface area contributed by atoms with E-state index in [4.69, 9.17) is 0 Å². The summed E-state index contributed by atoms with van der Waals surface area (Å²) in [6, 6.07) is 0. The number of nitrogens with one attached hydrogen (secondary N) is 1. The molecule has 7 nitrogen and oxygen atoms in total. The van der Waals surface area contributed by atoms with Crippen LogP contribution >= 0.6 is 11.3 Å². The van der Waals surface area contributed by atoms with Crippen molar-refractivity contribution in [3.8, 4) is 0 Å². The molecule has 2 aromatic heterocycles. The van der Waals surface area contributed by atoms with Crippen LogP contribution in [-0.2, 0) is 9.84 Å². The van der Waals surface area contributed by atoms with Crippen molar-refractivity contribution < 1.29 is 13.2 Å². The first-order valence-electron chi connectivity index (χ1n) is 10.4. The zero-order valence-electron chi connectivity index (χ0n) is 16.8. The summed E-state index contributed by atoms with van der Waals surface area (Å²) in [5.41, 5.74) is 0.916. The number of amides is 1. The number of fused-ring (bicyclic) bond motifs is 1. The van der Waals surface area contributed by atoms with Crippen molar-refractivity contribution in [1.82, 2.24) is 14.9 Å². The van der Waals surface area contributed by atoms with Gasteiger partial charge in [0.25, 0.3) is 5.91 Å². The summed E-state index contributed by atoms with van der Waals surface area (Å²) < 4.78 is 23.4. The number of likely N-dealkylation sites (tertiary alicyclic amines) is 1. The lowest BCUT2D eigenvalue weighted by Crippen LogP contribution is -2.33. The van der Waals surface area contributed by atoms with E-state index in [9.17, 15) is 13.2 Å². The molecular weight excluding hydrogens is 408 g/mol. The Hall–Kier alpha value is -1.74. The second kappa shape index (κ2) is 8.55. The molecule has 4 heterocycles. The van der Waals surface area contributed by atoms with Crippen LogP contribution in [-0.4, -0.2) is 60.3 Å². The van der Waals surface area contributed by atoms with E-state index >= 15 is 0 Å². The van der Waals surface area contributed by atoms with E-state index in [0.29, 0.717) is 18.8 Å². The van der Waals surface area contributed by atoms with Crippen LogP contribution < -0.4 is 5.32 Å². The van der Waals surface area contributed by atoms with E-state index in [2.05, 4.69) is 15.3 Å². The van der Waals surface area contributed by atoms with E-state index in [1.165, 1.54) is 36.9 Å². The molecule has 2 saturated heterocycles. The molecule has 0 aromatic carbocycles. The number of aryl methyl sites for hydroxylation is 1. The van der Waals surface area contributed by atoms with Gasteiger partial charge in [-0.15, -0.1) is 11.3 Å². The van der Waals surface area contributed by atoms with Gasteiger partial charge in [0.2, 0.25) is 0 Å². The summed E-state index contributed by atoms with van der Waals surface area (Å²) in [6.07, 6.45) is 7.95. The first kappa shape index (κ1) is 20.5. The van der Waals surface area contributed by atoms with E-state index in [1.807, 2.05) is 11.8 Å². The molecule has 2 fully saturated rings. The van der Waals surface area contributed by atoms with Gasteiger partial charge in [0.1, 0.15) is 17.0 Å². The maximum atomic E-state index is 13.2. The topological polar surface area (TPSA) is 92.3 Å². The highest BCUT2D eigenvalue weighted by atomic mass is 32.2. The molecule has 0 unspecified atom stereocenters. The third-order valence-electron chi connectivity index (χ3n) is 5.95. The lowest BCUT2D eigenvalue weighted by atomic mass is 10.1. The number of hydrogen-bond acceptors (Lipinski definition) is 7. The summed E-state index contributed by atoms with van der Waals surface area (Å²) in [7, 11) is -2.90. The summed E-state index contributed by atoms with van der Waals surface area (Å²) >= 11 is 1.43. The van der Waals surface area contributed by atoms with Crippen LogP contribution in [0.2, 0.25) is 0 Å². The SMILES string of the molecule is Cc1c(C(=O)N2CCCCCCC2)sc2ncnc(NC[C@@H]3CCS(=O)(=O)C3)c12. The molecule has 0 aliphatic carbocycles. The van der Waals surface area contributed by atoms with Crippen molar-refractivity contribution in [2.24, 2.45) is 5.92 Å². The van der Waals surface area contributed by atoms with E-state index in [-0.39, 0.29) is 23.3 Å². The Morgan fingerprint density at radius 3 is 2.62 bits per heavy atom. The van der Waals surface area contributed by atoms with Gasteiger partial charge in [-0.2, -0.15) is 0 Å². The third-order valence-corrected chi connectivity index (χ3v) is 8.97. The first-order chi connectivity index (χ1) is 13.9. The summed E-state index contributed by atoms with van der Waals surface area (Å²) in [5, 5.41) is 4.21. The van der Waals surface area contributed by atoms with Crippen molar-refractivity contribution in [3.05, 3.63) is 16.8 Å². The molecule has 1 amide bonds. The Morgan fingerprint density at radius 2 is 1.93 bits per heavy atom. The van der Waals surface area contributed by atoms with E-state index in [0.717, 1.165) is 46.6 Å². The normalized spacial score (nSPS) is 22.4. The van der Waals surface area contributed by atoms with Gasteiger partial charge in [-0.25, -0.2) is 18.4 Å². The molecule has 29 heavy (non-hydrogen) atoms. The van der Waals surface area contributed by atoms with Crippen LogP contribution in [0.1, 0.15) is 53.8 Å². The number of aromatic nitrogens is 2. The molecule has 1 atom stereocenters. The van der Waals surface area contributed by atoms with Crippen LogP contribution in [0.3, 0.4) is 0 Å². The Morgan fingerprint density at radius 1 is 1.21 bits per heavy atom. The highest BCUT2D eigenvalue weighted by Gasteiger charge is 2.28. The Bertz CT molecular complexity index is 995. The number of nitrogens with zero attached hydrogens (tertiary/aromatic N) is 3. The molecule has 1 N–H and O–H groups in total. The molecule has 9 heteroatoms. The molecule has 4 rings (SSSR count). The number of anilines is 1. The van der Waals surface area contributed by atoms with Crippen LogP contribution in [0.15, 0.2) is 6.33 Å². The first-order valence-corrected chi connectivity index (χ1v) is 13.1. The van der Waals surface area contributed by atoms with Crippen molar-refractivity contribution >= 4 is 43.1 Å². The predicted octanol–water partition coefficient (Wildman–Crippen LogP) is 3.25. The number of thiophene rings is 1. The molecule has 2 aromatic rings. The molecule has 158 valence electrons. The molecule has 2 aliphatic heterocycles. The van der Waals surface area contributed by atoms with Gasteiger partial charge in [0.15, 0.2) is 9.84 Å². The zero-order chi connectivity index (χ0) is 20.4. The lowest BCUT2D eigenvalue weighted by Gasteiger charge is -2.24. The summed E-state index contributed by atoms with van der Waals surface area (Å²) in [6.45, 7) is 4.17. The fourth-order valence-electron chi connectivity index (χ4n) is 4.28. The fourth-order valence-corrected chi connectivity index (χ4v) is 7.26. The average Bonchev–Trinajstić information content (AvgIpc) is 3.19. The van der Waals surface area contributed by atoms with Crippen molar-refractivity contribution in [1.29, 1.82) is 0 Å².